The van der Waals surface area contributed by atoms with Gasteiger partial charge in [-0.05, 0) is 0 Å². The number of hydrogen-bond acceptors (Lipinski definition) is 0. The molecule has 0 atom stereocenters. The van der Waals surface area contributed by atoms with Crippen LogP contribution in [0.3, 0.4) is 0 Å². The van der Waals surface area contributed by atoms with E-state index in [0.29, 0.717) is 0 Å². The summed E-state index contributed by atoms with van der Waals surface area (Å²) < 4.78 is 0. The third-order valence-corrected chi connectivity index (χ3v) is 0. The summed E-state index contributed by atoms with van der Waals surface area (Å²) in [6, 6.07) is 0. The molecule has 0 bridgehead atoms. The molecule has 0 spiro atoms. The van der Waals surface area contributed by atoms with Gasteiger partial charge in [0.25, 0.3) is 0 Å². The molecule has 0 rings (SSSR count). The fourth-order valence-electron chi connectivity index (χ4n) is 0. The molecule has 0 unspecified atom stereocenters. The molecular formula is AgLaNiO3. The Kier molecular flexibility index (Phi) is 757. The molecule has 3 nitrogen and oxygen atoms in total. The molecule has 0 fully saturated rings. The minimum Gasteiger partial charge on any atom is -2.00 e. The minimum absolute atomic E-state index is 0. The zero-order chi connectivity index (χ0) is 0. The maximum absolute atomic E-state index is 0. The van der Waals surface area contributed by atoms with Crippen LogP contribution in [0.1, 0.15) is 0 Å². The van der Waals surface area contributed by atoms with Crippen LogP contribution in [0.2, 0.25) is 0 Å². The topological polar surface area (TPSA) is 85.5 Å². The largest absolute Gasteiger partial charge is 3.00 e. The molecule has 0 heterocycles. The Morgan fingerprint density at radius 1 is 0.667 bits per heavy atom. The van der Waals surface area contributed by atoms with Crippen LogP contribution in [0.25, 0.3) is 0 Å². The summed E-state index contributed by atoms with van der Waals surface area (Å²) in [5.41, 5.74) is 0. The fraction of sp³-hybridized carbons (Fsp3) is 0. The Balaban J connectivity index is 0. The van der Waals surface area contributed by atoms with E-state index in [0.717, 1.165) is 0 Å². The van der Waals surface area contributed by atoms with Crippen molar-refractivity contribution in [2.45, 2.75) is 0 Å². The first kappa shape index (κ1) is 83.3. The van der Waals surface area contributed by atoms with Crippen LogP contribution in [0, 0.1) is 35.6 Å². The van der Waals surface area contributed by atoms with Crippen molar-refractivity contribution in [3.63, 3.8) is 0 Å². The van der Waals surface area contributed by atoms with Gasteiger partial charge in [-0.2, -0.15) is 0 Å². The van der Waals surface area contributed by atoms with Crippen LogP contribution in [0.15, 0.2) is 0 Å². The van der Waals surface area contributed by atoms with Crippen molar-refractivity contribution >= 4 is 0 Å². The van der Waals surface area contributed by atoms with Crippen molar-refractivity contribution < 1.29 is 90.9 Å². The summed E-state index contributed by atoms with van der Waals surface area (Å²) in [6.07, 6.45) is 0. The molecule has 6 heteroatoms. The third kappa shape index (κ3) is 33.4. The second kappa shape index (κ2) is 54.6. The van der Waals surface area contributed by atoms with E-state index in [1.165, 1.54) is 0 Å². The molecule has 0 aliphatic heterocycles. The Morgan fingerprint density at radius 2 is 0.667 bits per heavy atom. The predicted octanol–water partition coefficient (Wildman–Crippen LogP) is -0.361. The number of hydrogen-bond donors (Lipinski definition) is 0. The molecule has 0 aliphatic carbocycles. The van der Waals surface area contributed by atoms with E-state index in [9.17, 15) is 0 Å². The van der Waals surface area contributed by atoms with E-state index >= 15 is 0 Å². The molecule has 0 aromatic carbocycles. The van der Waals surface area contributed by atoms with Gasteiger partial charge in [-0.1, -0.05) is 0 Å². The average molecular weight is 353 g/mol. The molecule has 0 radical (unpaired) electrons. The van der Waals surface area contributed by atoms with Gasteiger partial charge < -0.3 is 16.4 Å². The van der Waals surface area contributed by atoms with Gasteiger partial charge >= 0.3 is 74.5 Å². The van der Waals surface area contributed by atoms with Crippen LogP contribution < -0.4 is 0 Å². The molecule has 0 aliphatic rings. The summed E-state index contributed by atoms with van der Waals surface area (Å²) in [4.78, 5) is 0. The van der Waals surface area contributed by atoms with Crippen LogP contribution in [-0.2, 0) is 55.3 Å². The van der Waals surface area contributed by atoms with Crippen LogP contribution in [0.4, 0.5) is 0 Å². The molecule has 6 heavy (non-hydrogen) atoms. The minimum atomic E-state index is 0. The summed E-state index contributed by atoms with van der Waals surface area (Å²) in [6.45, 7) is 0. The van der Waals surface area contributed by atoms with Gasteiger partial charge in [0.05, 0.1) is 0 Å². The fourth-order valence-corrected chi connectivity index (χ4v) is 0. The van der Waals surface area contributed by atoms with Crippen molar-refractivity contribution in [3.8, 4) is 0 Å². The van der Waals surface area contributed by atoms with Crippen LogP contribution >= 0.6 is 0 Å². The van der Waals surface area contributed by atoms with E-state index in [-0.39, 0.29) is 90.9 Å². The quantitative estimate of drug-likeness (QED) is 0.533. The zero-order valence-electron chi connectivity index (χ0n) is 2.42. The van der Waals surface area contributed by atoms with E-state index in [1.54, 1.807) is 0 Å². The van der Waals surface area contributed by atoms with Crippen LogP contribution in [0.5, 0.6) is 0 Å². The standard InChI is InChI=1S/Ag.La.Ni.3O/q+1;+3;+2;3*-2. The first-order chi connectivity index (χ1) is 0. The Hall–Kier alpha value is 2.31. The van der Waals surface area contributed by atoms with Gasteiger partial charge in [0, 0.05) is 0 Å². The first-order valence-corrected chi connectivity index (χ1v) is 0. The Morgan fingerprint density at radius 3 is 0.667 bits per heavy atom. The molecular weight excluding hydrogens is 353 g/mol. The van der Waals surface area contributed by atoms with Gasteiger partial charge in [-0.3, -0.25) is 0 Å². The van der Waals surface area contributed by atoms with Gasteiger partial charge in [0.1, 0.15) is 0 Å². The third-order valence-electron chi connectivity index (χ3n) is 0. The second-order valence-electron chi connectivity index (χ2n) is 0. The van der Waals surface area contributed by atoms with Crippen molar-refractivity contribution in [2.75, 3.05) is 0 Å². The van der Waals surface area contributed by atoms with E-state index in [1.807, 2.05) is 0 Å². The van der Waals surface area contributed by atoms with Gasteiger partial charge in [0.2, 0.25) is 0 Å². The maximum Gasteiger partial charge on any atom is 3.00 e. The molecule has 0 aromatic rings. The van der Waals surface area contributed by atoms with Crippen molar-refractivity contribution in [3.05, 3.63) is 0 Å². The second-order valence-corrected chi connectivity index (χ2v) is 0. The van der Waals surface area contributed by atoms with Gasteiger partial charge in [-0.25, -0.2) is 0 Å². The van der Waals surface area contributed by atoms with Crippen molar-refractivity contribution in [1.82, 2.24) is 0 Å². The predicted molar refractivity (Wildman–Crippen MR) is 2.06 cm³/mol. The van der Waals surface area contributed by atoms with E-state index in [2.05, 4.69) is 0 Å². The normalized spacial score (nSPS) is 0. The first-order valence-electron chi connectivity index (χ1n) is 0. The van der Waals surface area contributed by atoms with Crippen molar-refractivity contribution in [2.24, 2.45) is 0 Å². The van der Waals surface area contributed by atoms with Gasteiger partial charge in [0.15, 0.2) is 0 Å². The summed E-state index contributed by atoms with van der Waals surface area (Å²) in [5, 5.41) is 0. The van der Waals surface area contributed by atoms with E-state index < -0.39 is 0 Å². The monoisotopic (exact) mass is 352 g/mol. The molecule has 42 valence electrons. The molecule has 0 aromatic heterocycles. The van der Waals surface area contributed by atoms with Crippen LogP contribution in [-0.4, -0.2) is 0 Å². The summed E-state index contributed by atoms with van der Waals surface area (Å²) >= 11 is 0. The average Bonchev–Trinajstić information content (AvgIpc) is 0. The summed E-state index contributed by atoms with van der Waals surface area (Å²) in [5.74, 6) is 0. The molecule has 0 N–H and O–H groups in total. The van der Waals surface area contributed by atoms with E-state index in [4.69, 9.17) is 0 Å². The maximum atomic E-state index is 0. The Bertz CT molecular complexity index is 10.8. The van der Waals surface area contributed by atoms with Gasteiger partial charge in [-0.15, -0.1) is 0 Å². The Labute approximate surface area is 89.6 Å². The summed E-state index contributed by atoms with van der Waals surface area (Å²) in [7, 11) is 0. The SMILES string of the molecule is [Ag+].[La+3].[Ni+2].[O-2].[O-2].[O-2]. The molecule has 0 saturated heterocycles. The molecule has 0 saturated carbocycles. The zero-order valence-corrected chi connectivity index (χ0v) is 8.52. The number of rotatable bonds is 0. The smallest absolute Gasteiger partial charge is 2.00 e. The van der Waals surface area contributed by atoms with Crippen molar-refractivity contribution in [1.29, 1.82) is 0 Å². The molecule has 0 amide bonds.